The summed E-state index contributed by atoms with van der Waals surface area (Å²) in [6, 6.07) is 4.07. The van der Waals surface area contributed by atoms with Crippen LogP contribution in [0.5, 0.6) is 5.75 Å². The standard InChI is InChI=1S/C25H37N7O3/c1-28-18-20(16-27-28)22-13-24(32(33)34)25(35-2)14-23(22)31-7-4-21(5-8-31)30-11-9-29(10-12-30)17-19-3-6-26-15-19/h13-14,16,18-19,21,26H,3-12,15,17H2,1-2H3. The van der Waals surface area contributed by atoms with Crippen molar-refractivity contribution in [2.75, 3.05) is 70.9 Å². The van der Waals surface area contributed by atoms with Crippen molar-refractivity contribution in [1.29, 1.82) is 0 Å². The topological polar surface area (TPSA) is 91.9 Å². The highest BCUT2D eigenvalue weighted by Crippen LogP contribution is 2.41. The van der Waals surface area contributed by atoms with Crippen LogP contribution in [-0.2, 0) is 7.05 Å². The summed E-state index contributed by atoms with van der Waals surface area (Å²) in [5.74, 6) is 1.12. The van der Waals surface area contributed by atoms with Crippen molar-refractivity contribution in [2.24, 2.45) is 13.0 Å². The lowest BCUT2D eigenvalue weighted by Gasteiger charge is -2.44. The van der Waals surface area contributed by atoms with E-state index in [9.17, 15) is 10.1 Å². The van der Waals surface area contributed by atoms with E-state index in [1.54, 1.807) is 16.9 Å². The average Bonchev–Trinajstić information content (AvgIpc) is 3.55. The molecule has 10 nitrogen and oxygen atoms in total. The van der Waals surface area contributed by atoms with Crippen LogP contribution in [0, 0.1) is 16.0 Å². The number of aryl methyl sites for hydroxylation is 1. The number of nitro benzene ring substituents is 1. The first-order valence-corrected chi connectivity index (χ1v) is 12.8. The predicted octanol–water partition coefficient (Wildman–Crippen LogP) is 2.20. The number of rotatable bonds is 7. The maximum absolute atomic E-state index is 11.7. The number of ether oxygens (including phenoxy) is 1. The molecule has 3 saturated heterocycles. The van der Waals surface area contributed by atoms with Crippen molar-refractivity contribution in [3.63, 3.8) is 0 Å². The number of piperazine rings is 1. The second-order valence-corrected chi connectivity index (χ2v) is 10.1. The smallest absolute Gasteiger partial charge is 0.311 e. The van der Waals surface area contributed by atoms with Crippen LogP contribution >= 0.6 is 0 Å². The molecule has 1 N–H and O–H groups in total. The molecule has 0 aliphatic carbocycles. The number of nitrogens with one attached hydrogen (secondary N) is 1. The molecular weight excluding hydrogens is 446 g/mol. The zero-order chi connectivity index (χ0) is 24.4. The lowest BCUT2D eigenvalue weighted by molar-refractivity contribution is -0.385. The number of hydrogen-bond acceptors (Lipinski definition) is 8. The average molecular weight is 484 g/mol. The van der Waals surface area contributed by atoms with Crippen LogP contribution in [0.2, 0.25) is 0 Å². The van der Waals surface area contributed by atoms with Crippen molar-refractivity contribution >= 4 is 11.4 Å². The van der Waals surface area contributed by atoms with E-state index in [0.29, 0.717) is 11.8 Å². The Balaban J connectivity index is 1.25. The van der Waals surface area contributed by atoms with Crippen LogP contribution < -0.4 is 15.0 Å². The third-order valence-electron chi connectivity index (χ3n) is 7.92. The lowest BCUT2D eigenvalue weighted by Crippen LogP contribution is -2.54. The highest BCUT2D eigenvalue weighted by atomic mass is 16.6. The number of nitrogens with zero attached hydrogens (tertiary/aromatic N) is 6. The molecule has 10 heteroatoms. The first kappa shape index (κ1) is 24.0. The van der Waals surface area contributed by atoms with Gasteiger partial charge in [0.05, 0.1) is 18.2 Å². The van der Waals surface area contributed by atoms with Crippen molar-refractivity contribution in [2.45, 2.75) is 25.3 Å². The number of piperidine rings is 1. The maximum atomic E-state index is 11.7. The quantitative estimate of drug-likeness (QED) is 0.473. The SMILES string of the molecule is COc1cc(N2CCC(N3CCN(CC4CCNC4)CC3)CC2)c(-c2cnn(C)c2)cc1[N+](=O)[O-]. The van der Waals surface area contributed by atoms with E-state index in [1.165, 1.54) is 46.3 Å². The second kappa shape index (κ2) is 10.5. The zero-order valence-electron chi connectivity index (χ0n) is 20.9. The number of benzene rings is 1. The van der Waals surface area contributed by atoms with Gasteiger partial charge in [0.25, 0.3) is 0 Å². The highest BCUT2D eigenvalue weighted by molar-refractivity contribution is 5.82. The fourth-order valence-corrected chi connectivity index (χ4v) is 5.94. The number of aromatic nitrogens is 2. The molecule has 0 spiro atoms. The van der Waals surface area contributed by atoms with E-state index in [2.05, 4.69) is 25.1 Å². The molecule has 0 radical (unpaired) electrons. The molecule has 3 fully saturated rings. The van der Waals surface area contributed by atoms with Gasteiger partial charge in [-0.15, -0.1) is 0 Å². The summed E-state index contributed by atoms with van der Waals surface area (Å²) in [4.78, 5) is 19.0. The van der Waals surface area contributed by atoms with Crippen molar-refractivity contribution in [3.8, 4) is 16.9 Å². The van der Waals surface area contributed by atoms with Gasteiger partial charge in [-0.3, -0.25) is 19.7 Å². The molecule has 190 valence electrons. The third kappa shape index (κ3) is 5.29. The molecule has 35 heavy (non-hydrogen) atoms. The van der Waals surface area contributed by atoms with Gasteiger partial charge in [-0.05, 0) is 38.3 Å². The van der Waals surface area contributed by atoms with Gasteiger partial charge in [0.2, 0.25) is 0 Å². The lowest BCUT2D eigenvalue weighted by atomic mass is 9.98. The Morgan fingerprint density at radius 2 is 1.91 bits per heavy atom. The fraction of sp³-hybridized carbons (Fsp3) is 0.640. The van der Waals surface area contributed by atoms with Gasteiger partial charge in [-0.2, -0.15) is 5.10 Å². The Morgan fingerprint density at radius 1 is 1.14 bits per heavy atom. The molecular formula is C25H37N7O3. The summed E-state index contributed by atoms with van der Waals surface area (Å²) in [5, 5.41) is 19.4. The molecule has 3 aliphatic rings. The second-order valence-electron chi connectivity index (χ2n) is 10.1. The van der Waals surface area contributed by atoms with Gasteiger partial charge in [-0.1, -0.05) is 0 Å². The number of hydrogen-bond donors (Lipinski definition) is 1. The Bertz CT molecular complexity index is 1020. The van der Waals surface area contributed by atoms with Crippen LogP contribution in [0.1, 0.15) is 19.3 Å². The molecule has 1 aromatic heterocycles. The van der Waals surface area contributed by atoms with E-state index >= 15 is 0 Å². The van der Waals surface area contributed by atoms with Gasteiger partial charge in [0.1, 0.15) is 0 Å². The molecule has 5 rings (SSSR count). The van der Waals surface area contributed by atoms with Gasteiger partial charge in [0.15, 0.2) is 5.75 Å². The van der Waals surface area contributed by atoms with Gasteiger partial charge < -0.3 is 19.9 Å². The molecule has 0 saturated carbocycles. The summed E-state index contributed by atoms with van der Waals surface area (Å²) >= 11 is 0. The summed E-state index contributed by atoms with van der Waals surface area (Å²) in [7, 11) is 3.35. The van der Waals surface area contributed by atoms with Crippen LogP contribution in [0.4, 0.5) is 11.4 Å². The minimum Gasteiger partial charge on any atom is -0.490 e. The number of nitro groups is 1. The van der Waals surface area contributed by atoms with E-state index in [1.807, 2.05) is 19.3 Å². The predicted molar refractivity (Wildman–Crippen MR) is 136 cm³/mol. The molecule has 4 heterocycles. The van der Waals surface area contributed by atoms with Gasteiger partial charge >= 0.3 is 5.69 Å². The maximum Gasteiger partial charge on any atom is 0.311 e. The largest absolute Gasteiger partial charge is 0.490 e. The minimum absolute atomic E-state index is 0.0174. The van der Waals surface area contributed by atoms with E-state index in [-0.39, 0.29) is 10.6 Å². The van der Waals surface area contributed by atoms with Crippen LogP contribution in [-0.4, -0.2) is 96.6 Å². The highest BCUT2D eigenvalue weighted by Gasteiger charge is 2.31. The Morgan fingerprint density at radius 3 is 2.51 bits per heavy atom. The molecule has 2 aromatic rings. The van der Waals surface area contributed by atoms with Crippen LogP contribution in [0.3, 0.4) is 0 Å². The van der Waals surface area contributed by atoms with E-state index in [4.69, 9.17) is 4.74 Å². The third-order valence-corrected chi connectivity index (χ3v) is 7.92. The van der Waals surface area contributed by atoms with Gasteiger partial charge in [0, 0.05) is 94.0 Å². The van der Waals surface area contributed by atoms with E-state index in [0.717, 1.165) is 61.8 Å². The molecule has 0 amide bonds. The summed E-state index contributed by atoms with van der Waals surface area (Å²) < 4.78 is 7.13. The summed E-state index contributed by atoms with van der Waals surface area (Å²) in [5.41, 5.74) is 2.67. The summed E-state index contributed by atoms with van der Waals surface area (Å²) in [6.45, 7) is 10.1. The Kier molecular flexibility index (Phi) is 7.22. The van der Waals surface area contributed by atoms with Gasteiger partial charge in [-0.25, -0.2) is 0 Å². The first-order chi connectivity index (χ1) is 17.0. The molecule has 0 bridgehead atoms. The zero-order valence-corrected chi connectivity index (χ0v) is 20.9. The monoisotopic (exact) mass is 483 g/mol. The summed E-state index contributed by atoms with van der Waals surface area (Å²) in [6.07, 6.45) is 7.18. The Labute approximate surface area is 207 Å². The Hall–Kier alpha value is -2.69. The minimum atomic E-state index is -0.377. The van der Waals surface area contributed by atoms with Crippen molar-refractivity contribution in [3.05, 3.63) is 34.6 Å². The van der Waals surface area contributed by atoms with Crippen LogP contribution in [0.15, 0.2) is 24.5 Å². The number of methoxy groups -OCH3 is 1. The number of anilines is 1. The first-order valence-electron chi connectivity index (χ1n) is 12.8. The fourth-order valence-electron chi connectivity index (χ4n) is 5.94. The van der Waals surface area contributed by atoms with Crippen molar-refractivity contribution in [1.82, 2.24) is 24.9 Å². The van der Waals surface area contributed by atoms with Crippen molar-refractivity contribution < 1.29 is 9.66 Å². The molecule has 3 aliphatic heterocycles. The van der Waals surface area contributed by atoms with E-state index < -0.39 is 0 Å². The molecule has 1 atom stereocenters. The normalized spacial score (nSPS) is 22.6. The molecule has 1 unspecified atom stereocenters. The molecule has 1 aromatic carbocycles. The van der Waals surface area contributed by atoms with Crippen LogP contribution in [0.25, 0.3) is 11.1 Å².